The minimum absolute atomic E-state index is 0.0622. The molecule has 5 nitrogen and oxygen atoms in total. The normalized spacial score (nSPS) is 15.2. The summed E-state index contributed by atoms with van der Waals surface area (Å²) in [5.74, 6) is -0.669. The highest BCUT2D eigenvalue weighted by atomic mass is 32.1. The highest BCUT2D eigenvalue weighted by Gasteiger charge is 2.34. The van der Waals surface area contributed by atoms with Gasteiger partial charge < -0.3 is 5.73 Å². The lowest BCUT2D eigenvalue weighted by atomic mass is 9.79. The van der Waals surface area contributed by atoms with Gasteiger partial charge in [0.15, 0.2) is 0 Å². The van der Waals surface area contributed by atoms with E-state index in [2.05, 4.69) is 48.5 Å². The molecular formula is C38H22N4OS. The average molecular weight is 583 g/mol. The predicted octanol–water partition coefficient (Wildman–Crippen LogP) is 6.47. The Kier molecular flexibility index (Phi) is 5.74. The van der Waals surface area contributed by atoms with Gasteiger partial charge in [-0.05, 0) is 72.4 Å². The molecule has 0 unspecified atom stereocenters. The molecule has 0 spiro atoms. The number of hydrogen-bond acceptors (Lipinski definition) is 5. The zero-order valence-corrected chi connectivity index (χ0v) is 24.1. The Morgan fingerprint density at radius 3 is 1.64 bits per heavy atom. The van der Waals surface area contributed by atoms with Gasteiger partial charge in [-0.1, -0.05) is 97.1 Å². The lowest BCUT2D eigenvalue weighted by molar-refractivity contribution is 0.913. The molecule has 6 aromatic carbocycles. The van der Waals surface area contributed by atoms with E-state index in [-0.39, 0.29) is 17.0 Å². The summed E-state index contributed by atoms with van der Waals surface area (Å²) >= 11 is 1.24. The van der Waals surface area contributed by atoms with Crippen LogP contribution in [0.3, 0.4) is 0 Å². The Labute approximate surface area is 255 Å². The van der Waals surface area contributed by atoms with E-state index in [4.69, 9.17) is 5.73 Å². The number of thiazole rings is 1. The van der Waals surface area contributed by atoms with E-state index < -0.39 is 5.92 Å². The van der Waals surface area contributed by atoms with Gasteiger partial charge in [-0.25, -0.2) is 0 Å². The van der Waals surface area contributed by atoms with E-state index in [1.54, 1.807) is 0 Å². The lowest BCUT2D eigenvalue weighted by Gasteiger charge is -2.25. The highest BCUT2D eigenvalue weighted by Crippen LogP contribution is 2.43. The molecule has 1 atom stereocenters. The van der Waals surface area contributed by atoms with Crippen molar-refractivity contribution >= 4 is 71.9 Å². The van der Waals surface area contributed by atoms with Crippen LogP contribution >= 0.6 is 11.3 Å². The molecule has 8 rings (SSSR count). The first-order valence-electron chi connectivity index (χ1n) is 14.2. The molecule has 44 heavy (non-hydrogen) atoms. The summed E-state index contributed by atoms with van der Waals surface area (Å²) in [5, 5.41) is 29.3. The Morgan fingerprint density at radius 2 is 1.14 bits per heavy atom. The molecule has 0 saturated heterocycles. The molecule has 0 radical (unpaired) electrons. The second-order valence-electron chi connectivity index (χ2n) is 10.9. The Morgan fingerprint density at radius 1 is 0.682 bits per heavy atom. The molecule has 0 aliphatic carbocycles. The maximum atomic E-state index is 14.1. The SMILES string of the molecule is N#CC1=C(N)n2c(s/c(=C\c3c4ccccc4cc4ccccc34)c2=O)=C(C#N)[C@@H]1c1c2ccccc2cc2ccccc12. The number of allylic oxidation sites excluding steroid dienone is 1. The van der Waals surface area contributed by atoms with Crippen molar-refractivity contribution in [3.8, 4) is 12.1 Å². The molecular weight excluding hydrogens is 561 g/mol. The summed E-state index contributed by atoms with van der Waals surface area (Å²) in [4.78, 5) is 14.1. The van der Waals surface area contributed by atoms with Crippen LogP contribution in [0, 0.1) is 22.7 Å². The van der Waals surface area contributed by atoms with Crippen LogP contribution in [0.4, 0.5) is 0 Å². The fraction of sp³-hybridized carbons (Fsp3) is 0.0263. The zero-order valence-electron chi connectivity index (χ0n) is 23.3. The molecule has 0 amide bonds. The predicted molar refractivity (Wildman–Crippen MR) is 179 cm³/mol. The van der Waals surface area contributed by atoms with Crippen molar-refractivity contribution in [3.63, 3.8) is 0 Å². The summed E-state index contributed by atoms with van der Waals surface area (Å²) in [6.45, 7) is 0. The van der Waals surface area contributed by atoms with Crippen LogP contribution in [0.25, 0.3) is 60.6 Å². The van der Waals surface area contributed by atoms with Gasteiger partial charge in [0.25, 0.3) is 5.56 Å². The molecule has 1 aromatic heterocycles. The van der Waals surface area contributed by atoms with Gasteiger partial charge in [0.05, 0.1) is 33.7 Å². The van der Waals surface area contributed by atoms with Crippen LogP contribution < -0.4 is 20.5 Å². The largest absolute Gasteiger partial charge is 0.384 e. The fourth-order valence-electron chi connectivity index (χ4n) is 6.64. The number of nitrogens with zero attached hydrogens (tertiary/aromatic N) is 3. The molecule has 206 valence electrons. The Bertz CT molecular complexity index is 2570. The van der Waals surface area contributed by atoms with E-state index >= 15 is 0 Å². The third kappa shape index (κ3) is 3.66. The summed E-state index contributed by atoms with van der Waals surface area (Å²) in [5.41, 5.74) is 8.66. The van der Waals surface area contributed by atoms with Crippen molar-refractivity contribution in [3.05, 3.63) is 145 Å². The number of nitrogens with two attached hydrogens (primary N) is 1. The van der Waals surface area contributed by atoms with Gasteiger partial charge in [-0.15, -0.1) is 11.3 Å². The maximum Gasteiger partial charge on any atom is 0.274 e. The monoisotopic (exact) mass is 582 g/mol. The van der Waals surface area contributed by atoms with Gasteiger partial charge in [0.2, 0.25) is 0 Å². The van der Waals surface area contributed by atoms with Crippen LogP contribution in [0.1, 0.15) is 17.0 Å². The van der Waals surface area contributed by atoms with E-state index in [9.17, 15) is 15.3 Å². The second kappa shape index (κ2) is 9.81. The first-order chi connectivity index (χ1) is 21.6. The topological polar surface area (TPSA) is 95.6 Å². The van der Waals surface area contributed by atoms with Crippen LogP contribution in [0.2, 0.25) is 0 Å². The smallest absolute Gasteiger partial charge is 0.274 e. The first kappa shape index (κ1) is 25.7. The summed E-state index contributed by atoms with van der Waals surface area (Å²) in [6.07, 6.45) is 1.90. The zero-order chi connectivity index (χ0) is 29.9. The molecule has 1 aliphatic rings. The fourth-order valence-corrected chi connectivity index (χ4v) is 7.75. The molecule has 0 saturated carbocycles. The van der Waals surface area contributed by atoms with Crippen LogP contribution in [0.5, 0.6) is 0 Å². The number of aromatic nitrogens is 1. The van der Waals surface area contributed by atoms with Crippen molar-refractivity contribution in [2.45, 2.75) is 5.92 Å². The number of benzene rings is 6. The lowest BCUT2D eigenvalue weighted by Crippen LogP contribution is -2.38. The molecule has 0 fully saturated rings. The molecule has 1 aliphatic heterocycles. The third-order valence-electron chi connectivity index (χ3n) is 8.58. The van der Waals surface area contributed by atoms with Gasteiger partial charge in [0, 0.05) is 0 Å². The van der Waals surface area contributed by atoms with Gasteiger partial charge in [-0.2, -0.15) is 10.5 Å². The first-order valence-corrected chi connectivity index (χ1v) is 15.0. The van der Waals surface area contributed by atoms with Crippen molar-refractivity contribution in [2.75, 3.05) is 0 Å². The molecule has 2 heterocycles. The standard InChI is InChI=1S/C38H22N4OS/c39-20-31-35(34-28-15-7-3-11-24(28)18-25-12-4-8-16-29(25)34)32(21-40)38-42(36(31)41)37(43)33(44-38)19-30-26-13-5-1-9-22(26)17-23-10-2-6-14-27(23)30/h1-19,35H,41H2/b33-19-/t35-/m1/s1. The Balaban J connectivity index is 1.50. The van der Waals surface area contributed by atoms with Crippen molar-refractivity contribution < 1.29 is 0 Å². The second-order valence-corrected chi connectivity index (χ2v) is 11.9. The summed E-state index contributed by atoms with van der Waals surface area (Å²) in [6, 6.07) is 41.1. The van der Waals surface area contributed by atoms with E-state index in [1.165, 1.54) is 15.9 Å². The van der Waals surface area contributed by atoms with Crippen molar-refractivity contribution in [1.82, 2.24) is 4.57 Å². The Hall–Kier alpha value is -5.95. The minimum Gasteiger partial charge on any atom is -0.384 e. The third-order valence-corrected chi connectivity index (χ3v) is 9.69. The van der Waals surface area contributed by atoms with E-state index in [0.29, 0.717) is 14.8 Å². The molecule has 6 heteroatoms. The van der Waals surface area contributed by atoms with Crippen LogP contribution in [-0.4, -0.2) is 4.57 Å². The van der Waals surface area contributed by atoms with E-state index in [0.717, 1.165) is 54.2 Å². The van der Waals surface area contributed by atoms with Crippen LogP contribution in [-0.2, 0) is 0 Å². The molecule has 2 N–H and O–H groups in total. The van der Waals surface area contributed by atoms with Gasteiger partial charge >= 0.3 is 0 Å². The van der Waals surface area contributed by atoms with Crippen molar-refractivity contribution in [2.24, 2.45) is 5.73 Å². The van der Waals surface area contributed by atoms with Crippen molar-refractivity contribution in [1.29, 1.82) is 10.5 Å². The molecule has 7 aromatic rings. The number of hydrogen-bond donors (Lipinski definition) is 1. The molecule has 0 bridgehead atoms. The number of nitriles is 2. The summed E-state index contributed by atoms with van der Waals surface area (Å²) < 4.78 is 2.25. The highest BCUT2D eigenvalue weighted by molar-refractivity contribution is 7.07. The van der Waals surface area contributed by atoms with Gasteiger partial charge in [0.1, 0.15) is 10.5 Å². The average Bonchev–Trinajstić information content (AvgIpc) is 3.38. The number of rotatable bonds is 2. The number of fused-ring (bicyclic) bond motifs is 5. The maximum absolute atomic E-state index is 14.1. The quantitative estimate of drug-likeness (QED) is 0.236. The van der Waals surface area contributed by atoms with E-state index in [1.807, 2.05) is 78.9 Å². The summed E-state index contributed by atoms with van der Waals surface area (Å²) in [7, 11) is 0. The minimum atomic E-state index is -0.731. The van der Waals surface area contributed by atoms with Gasteiger partial charge in [-0.3, -0.25) is 9.36 Å². The van der Waals surface area contributed by atoms with Crippen LogP contribution in [0.15, 0.2) is 120 Å².